The molecule has 0 saturated carbocycles. The standard InChI is InChI=1S/C9H12BrI/c1-9(2,3)7-4-5-8(10)11-6-7/h4-6H,1-3H3. The molecule has 0 radical (unpaired) electrons. The minimum absolute atomic E-state index is 0.130. The van der Waals surface area contributed by atoms with Crippen LogP contribution in [0.15, 0.2) is 21.8 Å². The number of hydrogen-bond donors (Lipinski definition) is 0. The number of allylic oxidation sites excluding steroid dienone is 3. The maximum atomic E-state index is 3.52. The minimum Gasteiger partial charge on any atom is -0.0776 e. The first kappa shape index (κ1) is 9.65. The second-order valence-corrected chi connectivity index (χ2v) is 8.29. The molecular formula is C9H12BrI. The lowest BCUT2D eigenvalue weighted by Gasteiger charge is -2.20. The highest BCUT2D eigenvalue weighted by Crippen LogP contribution is 2.31. The molecule has 0 bridgehead atoms. The van der Waals surface area contributed by atoms with Gasteiger partial charge in [-0.1, -0.05) is 47.6 Å². The van der Waals surface area contributed by atoms with Crippen molar-refractivity contribution in [3.63, 3.8) is 0 Å². The van der Waals surface area contributed by atoms with Crippen molar-refractivity contribution in [1.29, 1.82) is 0 Å². The summed E-state index contributed by atoms with van der Waals surface area (Å²) in [4.78, 5) is 0. The first-order chi connectivity index (χ1) is 5.00. The van der Waals surface area contributed by atoms with Gasteiger partial charge in [0.05, 0.1) is 2.42 Å². The van der Waals surface area contributed by atoms with Gasteiger partial charge in [-0.3, -0.25) is 0 Å². The molecule has 0 nitrogen and oxygen atoms in total. The Kier molecular flexibility index (Phi) is 3.09. The maximum Gasteiger partial charge on any atom is 0.0506 e. The number of hydrogen-bond acceptors (Lipinski definition) is 0. The summed E-state index contributed by atoms with van der Waals surface area (Å²) in [6.45, 7) is 6.77. The van der Waals surface area contributed by atoms with Gasteiger partial charge in [0, 0.05) is 0 Å². The van der Waals surface area contributed by atoms with Crippen LogP contribution >= 0.6 is 36.7 Å². The molecule has 62 valence electrons. The van der Waals surface area contributed by atoms with Gasteiger partial charge in [-0.05, 0) is 37.1 Å². The van der Waals surface area contributed by atoms with Crippen molar-refractivity contribution < 1.29 is 0 Å². The van der Waals surface area contributed by atoms with Crippen LogP contribution in [0.4, 0.5) is 0 Å². The van der Waals surface area contributed by atoms with Crippen LogP contribution in [0.2, 0.25) is 0 Å². The van der Waals surface area contributed by atoms with Crippen LogP contribution in [0.3, 0.4) is 0 Å². The third-order valence-electron chi connectivity index (χ3n) is 1.53. The highest BCUT2D eigenvalue weighted by atomic mass is 127. The van der Waals surface area contributed by atoms with Gasteiger partial charge >= 0.3 is 0 Å². The van der Waals surface area contributed by atoms with Crippen LogP contribution in [0.25, 0.3) is 0 Å². The molecule has 0 fully saturated rings. The molecule has 1 aliphatic rings. The van der Waals surface area contributed by atoms with Crippen LogP contribution in [0.5, 0.6) is 0 Å². The zero-order valence-corrected chi connectivity index (χ0v) is 10.7. The lowest BCUT2D eigenvalue weighted by Crippen LogP contribution is -2.07. The van der Waals surface area contributed by atoms with E-state index in [4.69, 9.17) is 0 Å². The summed E-state index contributed by atoms with van der Waals surface area (Å²) in [5.41, 5.74) is 1.80. The summed E-state index contributed by atoms with van der Waals surface area (Å²) in [5, 5.41) is 0. The molecule has 0 aromatic carbocycles. The lowest BCUT2D eigenvalue weighted by atomic mass is 9.87. The van der Waals surface area contributed by atoms with Crippen molar-refractivity contribution in [2.75, 3.05) is 0 Å². The minimum atomic E-state index is 0.130. The molecule has 0 aliphatic carbocycles. The van der Waals surface area contributed by atoms with Crippen LogP contribution in [-0.4, -0.2) is 2.42 Å². The van der Waals surface area contributed by atoms with Crippen LogP contribution < -0.4 is 0 Å². The molecule has 0 amide bonds. The summed E-state index contributed by atoms with van der Waals surface area (Å²) in [7, 11) is 0. The van der Waals surface area contributed by atoms with E-state index in [-0.39, 0.29) is 20.7 Å². The Morgan fingerprint density at radius 1 is 1.27 bits per heavy atom. The molecule has 1 rings (SSSR count). The normalized spacial score (nSPS) is 18.5. The van der Waals surface area contributed by atoms with E-state index in [9.17, 15) is 0 Å². The summed E-state index contributed by atoms with van der Waals surface area (Å²) in [6, 6.07) is 0. The Morgan fingerprint density at radius 2 is 1.91 bits per heavy atom. The van der Waals surface area contributed by atoms with Crippen molar-refractivity contribution in [2.24, 2.45) is 5.41 Å². The van der Waals surface area contributed by atoms with Crippen LogP contribution in [0, 0.1) is 5.41 Å². The molecule has 1 heterocycles. The van der Waals surface area contributed by atoms with E-state index in [0.717, 1.165) is 0 Å². The summed E-state index contributed by atoms with van der Waals surface area (Å²) >= 11 is 3.65. The molecule has 0 saturated heterocycles. The third-order valence-corrected chi connectivity index (χ3v) is 4.89. The molecule has 0 aromatic heterocycles. The maximum absolute atomic E-state index is 3.52. The Morgan fingerprint density at radius 3 is 2.27 bits per heavy atom. The number of rotatable bonds is 0. The van der Waals surface area contributed by atoms with Crippen LogP contribution in [0.1, 0.15) is 20.8 Å². The third kappa shape index (κ3) is 2.82. The van der Waals surface area contributed by atoms with E-state index >= 15 is 0 Å². The summed E-state index contributed by atoms with van der Waals surface area (Å²) in [6.07, 6.45) is 4.40. The Hall–Kier alpha value is 0.560. The van der Waals surface area contributed by atoms with Gasteiger partial charge in [0.2, 0.25) is 0 Å². The van der Waals surface area contributed by atoms with E-state index in [1.807, 2.05) is 0 Å². The Labute approximate surface area is 86.6 Å². The van der Waals surface area contributed by atoms with E-state index in [0.29, 0.717) is 5.41 Å². The van der Waals surface area contributed by atoms with E-state index in [2.05, 4.69) is 52.9 Å². The topological polar surface area (TPSA) is 0 Å². The van der Waals surface area contributed by atoms with Crippen molar-refractivity contribution >= 4 is 39.1 Å². The average Bonchev–Trinajstić information content (AvgIpc) is 1.86. The van der Waals surface area contributed by atoms with E-state index < -0.39 is 0 Å². The Bertz CT molecular complexity index is 241. The van der Waals surface area contributed by atoms with Gasteiger partial charge in [-0.2, -0.15) is 0 Å². The summed E-state index contributed by atoms with van der Waals surface area (Å²) in [5.74, 6) is 0. The van der Waals surface area contributed by atoms with Gasteiger partial charge in [-0.25, -0.2) is 0 Å². The largest absolute Gasteiger partial charge is 0.0776 e. The smallest absolute Gasteiger partial charge is 0.0506 e. The fourth-order valence-electron chi connectivity index (χ4n) is 0.750. The lowest BCUT2D eigenvalue weighted by molar-refractivity contribution is 0.519. The molecule has 0 aromatic rings. The first-order valence-electron chi connectivity index (χ1n) is 3.55. The zero-order chi connectivity index (χ0) is 8.48. The first-order valence-corrected chi connectivity index (χ1v) is 6.66. The number of halogens is 2. The molecular weight excluding hydrogens is 315 g/mol. The van der Waals surface area contributed by atoms with E-state index in [1.165, 1.54) is 7.99 Å². The summed E-state index contributed by atoms with van der Waals surface area (Å²) < 4.78 is 3.77. The quantitative estimate of drug-likeness (QED) is 0.591. The SMILES string of the molecule is CC(C)(C)C1=CI=C(Br)C=C1. The average molecular weight is 327 g/mol. The van der Waals surface area contributed by atoms with Gasteiger partial charge in [0.15, 0.2) is 0 Å². The molecule has 1 aliphatic heterocycles. The second kappa shape index (κ2) is 3.52. The fraction of sp³-hybridized carbons (Fsp3) is 0.444. The van der Waals surface area contributed by atoms with Gasteiger partial charge in [0.25, 0.3) is 0 Å². The molecule has 0 N–H and O–H groups in total. The predicted octanol–water partition coefficient (Wildman–Crippen LogP) is 3.98. The molecule has 0 spiro atoms. The molecule has 0 unspecified atom stereocenters. The predicted molar refractivity (Wildman–Crippen MR) is 64.6 cm³/mol. The molecule has 11 heavy (non-hydrogen) atoms. The second-order valence-electron chi connectivity index (χ2n) is 3.55. The van der Waals surface area contributed by atoms with Crippen molar-refractivity contribution in [2.45, 2.75) is 20.8 Å². The van der Waals surface area contributed by atoms with Gasteiger partial charge in [-0.15, -0.1) is 0 Å². The fourth-order valence-corrected chi connectivity index (χ4v) is 3.62. The van der Waals surface area contributed by atoms with Crippen LogP contribution in [-0.2, 0) is 0 Å². The van der Waals surface area contributed by atoms with Crippen molar-refractivity contribution in [3.05, 3.63) is 21.8 Å². The van der Waals surface area contributed by atoms with Gasteiger partial charge < -0.3 is 0 Å². The Balaban J connectivity index is 2.89. The van der Waals surface area contributed by atoms with E-state index in [1.54, 1.807) is 0 Å². The van der Waals surface area contributed by atoms with Crippen molar-refractivity contribution in [1.82, 2.24) is 0 Å². The highest BCUT2D eigenvalue weighted by molar-refractivity contribution is 14.2. The zero-order valence-electron chi connectivity index (χ0n) is 6.99. The van der Waals surface area contributed by atoms with Crippen molar-refractivity contribution in [3.8, 4) is 0 Å². The molecule has 2 heteroatoms. The molecule has 0 atom stereocenters. The highest BCUT2D eigenvalue weighted by Gasteiger charge is 2.15. The van der Waals surface area contributed by atoms with Gasteiger partial charge in [0.1, 0.15) is 0 Å². The monoisotopic (exact) mass is 326 g/mol.